The summed E-state index contributed by atoms with van der Waals surface area (Å²) < 4.78 is 1.87. The molecule has 150 valence electrons. The largest absolute Gasteiger partial charge is 0.334 e. The maximum atomic E-state index is 12.2. The van der Waals surface area contributed by atoms with E-state index >= 15 is 0 Å². The number of urea groups is 1. The van der Waals surface area contributed by atoms with Gasteiger partial charge in [0, 0.05) is 31.2 Å². The van der Waals surface area contributed by atoms with Crippen LogP contribution in [0.1, 0.15) is 29.5 Å². The lowest BCUT2D eigenvalue weighted by atomic mass is 10.1. The average Bonchev–Trinajstić information content (AvgIpc) is 3.43. The van der Waals surface area contributed by atoms with Gasteiger partial charge in [-0.2, -0.15) is 5.10 Å². The summed E-state index contributed by atoms with van der Waals surface area (Å²) in [6, 6.07) is 18.0. The summed E-state index contributed by atoms with van der Waals surface area (Å²) in [4.78, 5) is 14.7. The van der Waals surface area contributed by atoms with Gasteiger partial charge in [-0.15, -0.1) is 0 Å². The number of likely N-dealkylation sites (tertiary alicyclic amines) is 1. The van der Waals surface area contributed by atoms with Crippen molar-refractivity contribution in [1.82, 2.24) is 20.0 Å². The predicted molar refractivity (Wildman–Crippen MR) is 115 cm³/mol. The molecule has 6 heteroatoms. The minimum atomic E-state index is -0.203. The van der Waals surface area contributed by atoms with E-state index in [1.165, 1.54) is 31.5 Å². The van der Waals surface area contributed by atoms with Crippen molar-refractivity contribution in [3.8, 4) is 0 Å². The lowest BCUT2D eigenvalue weighted by Gasteiger charge is -2.14. The first kappa shape index (κ1) is 19.2. The lowest BCUT2D eigenvalue weighted by Crippen LogP contribution is -2.28. The molecule has 0 atom stereocenters. The van der Waals surface area contributed by atoms with Crippen LogP contribution in [0.4, 0.5) is 10.5 Å². The predicted octanol–water partition coefficient (Wildman–Crippen LogP) is 3.85. The van der Waals surface area contributed by atoms with E-state index in [1.807, 2.05) is 41.2 Å². The topological polar surface area (TPSA) is 62.2 Å². The normalized spacial score (nSPS) is 14.1. The van der Waals surface area contributed by atoms with E-state index in [2.05, 4.69) is 44.9 Å². The number of nitrogens with one attached hydrogen (secondary N) is 2. The Morgan fingerprint density at radius 3 is 2.24 bits per heavy atom. The Labute approximate surface area is 171 Å². The van der Waals surface area contributed by atoms with Crippen molar-refractivity contribution in [2.45, 2.75) is 32.5 Å². The van der Waals surface area contributed by atoms with Gasteiger partial charge in [-0.1, -0.05) is 36.4 Å². The lowest BCUT2D eigenvalue weighted by molar-refractivity contribution is 0.251. The minimum Gasteiger partial charge on any atom is -0.334 e. The van der Waals surface area contributed by atoms with Crippen LogP contribution in [0.15, 0.2) is 67.0 Å². The molecule has 3 aromatic rings. The zero-order chi connectivity index (χ0) is 19.9. The molecular formula is C23H27N5O. The number of amides is 2. The fourth-order valence-corrected chi connectivity index (χ4v) is 3.59. The third-order valence-electron chi connectivity index (χ3n) is 5.20. The zero-order valence-electron chi connectivity index (χ0n) is 16.6. The second kappa shape index (κ2) is 9.39. The van der Waals surface area contributed by atoms with Crippen LogP contribution in [0.2, 0.25) is 0 Å². The maximum Gasteiger partial charge on any atom is 0.319 e. The molecule has 1 aromatic heterocycles. The summed E-state index contributed by atoms with van der Waals surface area (Å²) in [5, 5.41) is 10.00. The molecule has 1 fully saturated rings. The van der Waals surface area contributed by atoms with E-state index in [1.54, 1.807) is 6.20 Å². The van der Waals surface area contributed by atoms with Crippen molar-refractivity contribution < 1.29 is 4.79 Å². The first-order valence-corrected chi connectivity index (χ1v) is 10.2. The molecule has 4 rings (SSSR count). The Morgan fingerprint density at radius 1 is 0.897 bits per heavy atom. The van der Waals surface area contributed by atoms with Gasteiger partial charge >= 0.3 is 6.03 Å². The smallest absolute Gasteiger partial charge is 0.319 e. The Balaban J connectivity index is 1.22. The number of rotatable bonds is 7. The summed E-state index contributed by atoms with van der Waals surface area (Å²) in [7, 11) is 0. The fraction of sp³-hybridized carbons (Fsp3) is 0.304. The molecule has 1 saturated heterocycles. The maximum absolute atomic E-state index is 12.2. The first-order valence-electron chi connectivity index (χ1n) is 10.2. The molecule has 0 bridgehead atoms. The van der Waals surface area contributed by atoms with Gasteiger partial charge < -0.3 is 10.6 Å². The van der Waals surface area contributed by atoms with Crippen molar-refractivity contribution in [2.24, 2.45) is 0 Å². The molecule has 0 unspecified atom stereocenters. The van der Waals surface area contributed by atoms with Gasteiger partial charge in [0.1, 0.15) is 0 Å². The van der Waals surface area contributed by atoms with Gasteiger partial charge in [0.2, 0.25) is 0 Å². The number of hydrogen-bond donors (Lipinski definition) is 2. The van der Waals surface area contributed by atoms with E-state index in [9.17, 15) is 4.79 Å². The minimum absolute atomic E-state index is 0.203. The van der Waals surface area contributed by atoms with Crippen LogP contribution < -0.4 is 10.6 Å². The molecule has 6 nitrogen and oxygen atoms in total. The number of carbonyl (C=O) groups is 1. The van der Waals surface area contributed by atoms with Gasteiger partial charge in [-0.05, 0) is 60.8 Å². The first-order chi connectivity index (χ1) is 14.2. The Kier molecular flexibility index (Phi) is 6.22. The van der Waals surface area contributed by atoms with Gasteiger partial charge in [0.15, 0.2) is 0 Å². The van der Waals surface area contributed by atoms with Gasteiger partial charge in [-0.3, -0.25) is 9.58 Å². The second-order valence-electron chi connectivity index (χ2n) is 7.51. The van der Waals surface area contributed by atoms with Crippen LogP contribution in [0, 0.1) is 0 Å². The van der Waals surface area contributed by atoms with Crippen LogP contribution in [0.5, 0.6) is 0 Å². The summed E-state index contributed by atoms with van der Waals surface area (Å²) >= 11 is 0. The average molecular weight is 390 g/mol. The van der Waals surface area contributed by atoms with Crippen molar-refractivity contribution in [3.05, 3.63) is 83.7 Å². The number of nitrogens with zero attached hydrogens (tertiary/aromatic N) is 3. The monoisotopic (exact) mass is 389 g/mol. The van der Waals surface area contributed by atoms with E-state index in [0.717, 1.165) is 23.4 Å². The number of hydrogen-bond acceptors (Lipinski definition) is 3. The van der Waals surface area contributed by atoms with E-state index in [-0.39, 0.29) is 6.03 Å². The number of aromatic nitrogens is 2. The van der Waals surface area contributed by atoms with Crippen LogP contribution in [-0.2, 0) is 19.6 Å². The molecule has 0 saturated carbocycles. The van der Waals surface area contributed by atoms with Crippen LogP contribution in [-0.4, -0.2) is 33.8 Å². The Bertz CT molecular complexity index is 897. The molecule has 0 spiro atoms. The molecule has 1 aliphatic heterocycles. The quantitative estimate of drug-likeness (QED) is 0.645. The summed E-state index contributed by atoms with van der Waals surface area (Å²) in [6.07, 6.45) is 6.31. The highest BCUT2D eigenvalue weighted by molar-refractivity contribution is 5.89. The fourth-order valence-electron chi connectivity index (χ4n) is 3.59. The van der Waals surface area contributed by atoms with Crippen molar-refractivity contribution >= 4 is 11.7 Å². The summed E-state index contributed by atoms with van der Waals surface area (Å²) in [5.41, 5.74) is 4.33. The molecule has 2 N–H and O–H groups in total. The van der Waals surface area contributed by atoms with Gasteiger partial charge in [-0.25, -0.2) is 4.79 Å². The third-order valence-corrected chi connectivity index (χ3v) is 5.20. The number of benzene rings is 2. The van der Waals surface area contributed by atoms with Gasteiger partial charge in [0.05, 0.1) is 6.54 Å². The summed E-state index contributed by atoms with van der Waals surface area (Å²) in [6.45, 7) is 4.65. The Hall–Kier alpha value is -3.12. The molecular weight excluding hydrogens is 362 g/mol. The molecule has 2 heterocycles. The standard InChI is InChI=1S/C23H27N5O/c29-23(26-22-10-8-21(9-11-22)18-28-15-3-12-25-28)24-16-19-4-6-20(7-5-19)17-27-13-1-2-14-27/h3-12,15H,1-2,13-14,16-18H2,(H2,24,26,29). The summed E-state index contributed by atoms with van der Waals surface area (Å²) in [5.74, 6) is 0. The van der Waals surface area contributed by atoms with Crippen LogP contribution in [0.3, 0.4) is 0 Å². The van der Waals surface area contributed by atoms with E-state index < -0.39 is 0 Å². The zero-order valence-corrected chi connectivity index (χ0v) is 16.6. The highest BCUT2D eigenvalue weighted by atomic mass is 16.2. The SMILES string of the molecule is O=C(NCc1ccc(CN2CCCC2)cc1)Nc1ccc(Cn2cccn2)cc1. The molecule has 29 heavy (non-hydrogen) atoms. The van der Waals surface area contributed by atoms with Crippen LogP contribution >= 0.6 is 0 Å². The van der Waals surface area contributed by atoms with Crippen molar-refractivity contribution in [1.29, 1.82) is 0 Å². The number of anilines is 1. The second-order valence-corrected chi connectivity index (χ2v) is 7.51. The molecule has 0 radical (unpaired) electrons. The van der Waals surface area contributed by atoms with Gasteiger partial charge in [0.25, 0.3) is 0 Å². The number of carbonyl (C=O) groups excluding carboxylic acids is 1. The highest BCUT2D eigenvalue weighted by Gasteiger charge is 2.11. The molecule has 0 aliphatic carbocycles. The molecule has 2 aromatic carbocycles. The Morgan fingerprint density at radius 2 is 1.55 bits per heavy atom. The van der Waals surface area contributed by atoms with Crippen molar-refractivity contribution in [2.75, 3.05) is 18.4 Å². The highest BCUT2D eigenvalue weighted by Crippen LogP contribution is 2.14. The molecule has 2 amide bonds. The molecule has 1 aliphatic rings. The van der Waals surface area contributed by atoms with E-state index in [4.69, 9.17) is 0 Å². The van der Waals surface area contributed by atoms with Crippen LogP contribution in [0.25, 0.3) is 0 Å². The van der Waals surface area contributed by atoms with E-state index in [0.29, 0.717) is 13.1 Å². The third kappa shape index (κ3) is 5.68. The van der Waals surface area contributed by atoms with Crippen molar-refractivity contribution in [3.63, 3.8) is 0 Å².